The second kappa shape index (κ2) is 4.49. The molecule has 0 unspecified atom stereocenters. The van der Waals surface area contributed by atoms with Crippen molar-refractivity contribution in [2.24, 2.45) is 5.73 Å². The minimum atomic E-state index is 0.174. The fourth-order valence-corrected chi connectivity index (χ4v) is 2.32. The van der Waals surface area contributed by atoms with E-state index >= 15 is 0 Å². The van der Waals surface area contributed by atoms with E-state index in [4.69, 9.17) is 11.1 Å². The van der Waals surface area contributed by atoms with E-state index in [1.54, 1.807) is 11.3 Å². The van der Waals surface area contributed by atoms with Gasteiger partial charge in [0.05, 0.1) is 10.7 Å². The summed E-state index contributed by atoms with van der Waals surface area (Å²) < 4.78 is 1.88. The van der Waals surface area contributed by atoms with Crippen LogP contribution in [0.25, 0.3) is 10.6 Å². The summed E-state index contributed by atoms with van der Waals surface area (Å²) in [6, 6.07) is 4.04. The average Bonchev–Trinajstić information content (AvgIpc) is 2.84. The Hall–Kier alpha value is -1.62. The lowest BCUT2D eigenvalue weighted by molar-refractivity contribution is 0.662. The predicted molar refractivity (Wildman–Crippen MR) is 66.8 cm³/mol. The number of hydrogen-bond donors (Lipinski definition) is 2. The van der Waals surface area contributed by atoms with E-state index in [0.717, 1.165) is 22.7 Å². The Bertz CT molecular complexity index is 484. The molecule has 0 saturated carbocycles. The molecular formula is C11H14N4S. The highest BCUT2D eigenvalue weighted by Crippen LogP contribution is 2.26. The van der Waals surface area contributed by atoms with Crippen molar-refractivity contribution in [1.29, 1.82) is 5.41 Å². The molecule has 2 aromatic heterocycles. The van der Waals surface area contributed by atoms with Gasteiger partial charge in [-0.3, -0.25) is 10.1 Å². The number of rotatable bonds is 4. The molecule has 2 rings (SSSR count). The van der Waals surface area contributed by atoms with Gasteiger partial charge in [-0.05, 0) is 18.4 Å². The molecule has 2 heterocycles. The van der Waals surface area contributed by atoms with Gasteiger partial charge in [-0.2, -0.15) is 5.10 Å². The van der Waals surface area contributed by atoms with Crippen LogP contribution in [-0.4, -0.2) is 15.6 Å². The van der Waals surface area contributed by atoms with Crippen LogP contribution < -0.4 is 5.73 Å². The highest BCUT2D eigenvalue weighted by atomic mass is 32.1. The van der Waals surface area contributed by atoms with Crippen LogP contribution in [-0.2, 0) is 13.0 Å². The van der Waals surface area contributed by atoms with Gasteiger partial charge in [0, 0.05) is 24.7 Å². The number of amidine groups is 1. The lowest BCUT2D eigenvalue weighted by Gasteiger charge is -1.97. The fraction of sp³-hybridized carbons (Fsp3) is 0.273. The first kappa shape index (κ1) is 10.9. The summed E-state index contributed by atoms with van der Waals surface area (Å²) in [7, 11) is 0. The van der Waals surface area contributed by atoms with Gasteiger partial charge < -0.3 is 5.73 Å². The number of thiophene rings is 1. The summed E-state index contributed by atoms with van der Waals surface area (Å²) in [5, 5.41) is 13.9. The zero-order valence-electron chi connectivity index (χ0n) is 9.10. The van der Waals surface area contributed by atoms with Gasteiger partial charge >= 0.3 is 0 Å². The topological polar surface area (TPSA) is 67.7 Å². The molecule has 16 heavy (non-hydrogen) atoms. The Morgan fingerprint density at radius 3 is 3.00 bits per heavy atom. The van der Waals surface area contributed by atoms with Gasteiger partial charge in [0.2, 0.25) is 0 Å². The quantitative estimate of drug-likeness (QED) is 0.628. The molecule has 0 spiro atoms. The number of nitrogens with zero attached hydrogens (tertiary/aromatic N) is 2. The van der Waals surface area contributed by atoms with Gasteiger partial charge in [-0.1, -0.05) is 6.07 Å². The van der Waals surface area contributed by atoms with E-state index in [9.17, 15) is 0 Å². The molecule has 0 saturated heterocycles. The Kier molecular flexibility index (Phi) is 3.05. The molecule has 0 amide bonds. The molecule has 3 N–H and O–H groups in total. The number of nitrogens with two attached hydrogens (primary N) is 1. The Morgan fingerprint density at radius 1 is 1.62 bits per heavy atom. The highest BCUT2D eigenvalue weighted by molar-refractivity contribution is 7.13. The largest absolute Gasteiger partial charge is 0.387 e. The lowest BCUT2D eigenvalue weighted by Crippen LogP contribution is -2.12. The molecule has 2 aromatic rings. The van der Waals surface area contributed by atoms with Crippen LogP contribution in [0.5, 0.6) is 0 Å². The second-order valence-corrected chi connectivity index (χ2v) is 4.49. The second-order valence-electron chi connectivity index (χ2n) is 3.54. The third-order valence-electron chi connectivity index (χ3n) is 2.30. The predicted octanol–water partition coefficient (Wildman–Crippen LogP) is 2.11. The van der Waals surface area contributed by atoms with Crippen LogP contribution in [0.15, 0.2) is 23.7 Å². The van der Waals surface area contributed by atoms with Crippen molar-refractivity contribution in [3.8, 4) is 10.6 Å². The average molecular weight is 234 g/mol. The molecule has 0 aliphatic rings. The maximum atomic E-state index is 7.36. The zero-order valence-corrected chi connectivity index (χ0v) is 9.92. The highest BCUT2D eigenvalue weighted by Gasteiger charge is 2.12. The molecule has 0 fully saturated rings. The third kappa shape index (κ3) is 2.14. The summed E-state index contributed by atoms with van der Waals surface area (Å²) in [6.07, 6.45) is 2.43. The van der Waals surface area contributed by atoms with E-state index < -0.39 is 0 Å². The normalized spacial score (nSPS) is 10.6. The van der Waals surface area contributed by atoms with Crippen molar-refractivity contribution in [2.75, 3.05) is 0 Å². The summed E-state index contributed by atoms with van der Waals surface area (Å²) >= 11 is 1.65. The van der Waals surface area contributed by atoms with Gasteiger partial charge in [0.25, 0.3) is 0 Å². The first-order valence-corrected chi connectivity index (χ1v) is 6.01. The standard InChI is InChI=1S/C11H14N4S/c1-2-15-7-8(6-10(12)13)11(14-15)9-4-3-5-16-9/h3-5,7H,2,6H2,1H3,(H3,12,13). The van der Waals surface area contributed by atoms with Gasteiger partial charge in [0.1, 0.15) is 5.69 Å². The van der Waals surface area contributed by atoms with E-state index in [-0.39, 0.29) is 5.84 Å². The fourth-order valence-electron chi connectivity index (χ4n) is 1.58. The van der Waals surface area contributed by atoms with Gasteiger partial charge in [0.15, 0.2) is 0 Å². The van der Waals surface area contributed by atoms with Crippen molar-refractivity contribution in [3.05, 3.63) is 29.3 Å². The van der Waals surface area contributed by atoms with Crippen molar-refractivity contribution >= 4 is 17.2 Å². The lowest BCUT2D eigenvalue weighted by atomic mass is 10.1. The monoisotopic (exact) mass is 234 g/mol. The molecule has 0 radical (unpaired) electrons. The third-order valence-corrected chi connectivity index (χ3v) is 3.17. The maximum Gasteiger partial charge on any atom is 0.106 e. The van der Waals surface area contributed by atoms with Gasteiger partial charge in [-0.25, -0.2) is 0 Å². The summed E-state index contributed by atoms with van der Waals surface area (Å²) in [4.78, 5) is 1.13. The van der Waals surface area contributed by atoms with E-state index in [2.05, 4.69) is 5.10 Å². The van der Waals surface area contributed by atoms with Crippen LogP contribution in [0.3, 0.4) is 0 Å². The first-order chi connectivity index (χ1) is 7.70. The maximum absolute atomic E-state index is 7.36. The minimum absolute atomic E-state index is 0.174. The molecule has 0 aromatic carbocycles. The number of aromatic nitrogens is 2. The molecule has 0 aliphatic heterocycles. The smallest absolute Gasteiger partial charge is 0.106 e. The SMILES string of the molecule is CCn1cc(CC(=N)N)c(-c2cccs2)n1. The molecule has 0 bridgehead atoms. The minimum Gasteiger partial charge on any atom is -0.387 e. The summed E-state index contributed by atoms with van der Waals surface area (Å²) in [5.74, 6) is 0.174. The van der Waals surface area contributed by atoms with Crippen molar-refractivity contribution in [3.63, 3.8) is 0 Å². The van der Waals surface area contributed by atoms with E-state index in [1.807, 2.05) is 35.3 Å². The summed E-state index contributed by atoms with van der Waals surface area (Å²) in [6.45, 7) is 2.87. The van der Waals surface area contributed by atoms with Crippen LogP contribution in [0.4, 0.5) is 0 Å². The molecule has 0 atom stereocenters. The molecule has 84 valence electrons. The van der Waals surface area contributed by atoms with E-state index in [0.29, 0.717) is 6.42 Å². The number of aryl methyl sites for hydroxylation is 1. The molecular weight excluding hydrogens is 220 g/mol. The zero-order chi connectivity index (χ0) is 11.5. The van der Waals surface area contributed by atoms with Crippen LogP contribution in [0, 0.1) is 5.41 Å². The van der Waals surface area contributed by atoms with E-state index in [1.165, 1.54) is 0 Å². The van der Waals surface area contributed by atoms with Crippen molar-refractivity contribution < 1.29 is 0 Å². The first-order valence-electron chi connectivity index (χ1n) is 5.13. The molecule has 4 nitrogen and oxygen atoms in total. The molecule has 5 heteroatoms. The Morgan fingerprint density at radius 2 is 2.44 bits per heavy atom. The summed E-state index contributed by atoms with van der Waals surface area (Å²) in [5.41, 5.74) is 7.42. The molecule has 0 aliphatic carbocycles. The van der Waals surface area contributed by atoms with Crippen LogP contribution in [0.1, 0.15) is 12.5 Å². The Balaban J connectivity index is 2.42. The van der Waals surface area contributed by atoms with Gasteiger partial charge in [-0.15, -0.1) is 11.3 Å². The number of hydrogen-bond acceptors (Lipinski definition) is 3. The number of nitrogens with one attached hydrogen (secondary N) is 1. The Labute approximate surface area is 98.2 Å². The van der Waals surface area contributed by atoms with Crippen LogP contribution >= 0.6 is 11.3 Å². The van der Waals surface area contributed by atoms with Crippen LogP contribution in [0.2, 0.25) is 0 Å². The van der Waals surface area contributed by atoms with Crippen molar-refractivity contribution in [2.45, 2.75) is 19.9 Å². The van der Waals surface area contributed by atoms with Crippen molar-refractivity contribution in [1.82, 2.24) is 9.78 Å².